The molecule has 1 aliphatic heterocycles. The van der Waals surface area contributed by atoms with Crippen molar-refractivity contribution in [2.24, 2.45) is 5.92 Å². The minimum Gasteiger partial charge on any atom is -0.481 e. The molecule has 2 fully saturated rings. The fraction of sp³-hybridized carbons (Fsp3) is 0.529. The van der Waals surface area contributed by atoms with Crippen molar-refractivity contribution in [3.05, 3.63) is 35.4 Å². The first-order chi connectivity index (χ1) is 11.2. The standard InChI is InChI=1S/C17H18F3NO3/c18-17(19,20)13-4-1-3-12(9-13)16(6-2-7-16)15(24)21-8-5-11(10-21)14(22)23/h1,3-4,9,11H,2,5-8,10H2,(H,22,23)/t11-/m0/s1. The maximum absolute atomic E-state index is 13.0. The molecule has 130 valence electrons. The van der Waals surface area contributed by atoms with Gasteiger partial charge in [-0.15, -0.1) is 0 Å². The third-order valence-corrected chi connectivity index (χ3v) is 5.18. The van der Waals surface area contributed by atoms with Crippen LogP contribution in [0.1, 0.15) is 36.8 Å². The van der Waals surface area contributed by atoms with Gasteiger partial charge >= 0.3 is 12.1 Å². The number of carbonyl (C=O) groups is 2. The molecule has 1 aliphatic carbocycles. The van der Waals surface area contributed by atoms with Crippen LogP contribution in [-0.2, 0) is 21.2 Å². The van der Waals surface area contributed by atoms with Gasteiger partial charge in [-0.2, -0.15) is 13.2 Å². The molecule has 0 radical (unpaired) electrons. The first kappa shape index (κ1) is 16.8. The van der Waals surface area contributed by atoms with Crippen molar-refractivity contribution in [1.29, 1.82) is 0 Å². The van der Waals surface area contributed by atoms with E-state index in [1.807, 2.05) is 0 Å². The van der Waals surface area contributed by atoms with Crippen molar-refractivity contribution in [2.45, 2.75) is 37.3 Å². The Morgan fingerprint density at radius 1 is 1.25 bits per heavy atom. The van der Waals surface area contributed by atoms with E-state index in [-0.39, 0.29) is 12.5 Å². The number of carboxylic acids is 1. The SMILES string of the molecule is O=C(O)[C@H]1CCN(C(=O)C2(c3cccc(C(F)(F)F)c3)CCC2)C1. The number of hydrogen-bond acceptors (Lipinski definition) is 2. The fourth-order valence-corrected chi connectivity index (χ4v) is 3.60. The summed E-state index contributed by atoms with van der Waals surface area (Å²) < 4.78 is 38.9. The Bertz CT molecular complexity index is 667. The van der Waals surface area contributed by atoms with Gasteiger partial charge in [-0.3, -0.25) is 9.59 Å². The second-order valence-electron chi connectivity index (χ2n) is 6.59. The molecule has 1 aromatic rings. The van der Waals surface area contributed by atoms with Crippen LogP contribution >= 0.6 is 0 Å². The van der Waals surface area contributed by atoms with Crippen LogP contribution < -0.4 is 0 Å². The van der Waals surface area contributed by atoms with E-state index in [2.05, 4.69) is 0 Å². The van der Waals surface area contributed by atoms with Crippen LogP contribution in [-0.4, -0.2) is 35.0 Å². The van der Waals surface area contributed by atoms with Crippen LogP contribution in [0.25, 0.3) is 0 Å². The van der Waals surface area contributed by atoms with Crippen molar-refractivity contribution in [1.82, 2.24) is 4.90 Å². The predicted molar refractivity (Wildman–Crippen MR) is 79.3 cm³/mol. The van der Waals surface area contributed by atoms with Gasteiger partial charge in [0.2, 0.25) is 5.91 Å². The Labute approximate surface area is 137 Å². The van der Waals surface area contributed by atoms with Crippen LogP contribution in [0.5, 0.6) is 0 Å². The molecule has 0 spiro atoms. The lowest BCUT2D eigenvalue weighted by Crippen LogP contribution is -2.50. The first-order valence-corrected chi connectivity index (χ1v) is 7.94. The number of carboxylic acid groups (broad SMARTS) is 1. The van der Waals surface area contributed by atoms with E-state index in [4.69, 9.17) is 5.11 Å². The Morgan fingerprint density at radius 3 is 2.46 bits per heavy atom. The quantitative estimate of drug-likeness (QED) is 0.919. The number of aliphatic carboxylic acids is 1. The van der Waals surface area contributed by atoms with Gasteiger partial charge in [0.1, 0.15) is 0 Å². The Balaban J connectivity index is 1.87. The highest BCUT2D eigenvalue weighted by Gasteiger charge is 2.49. The highest BCUT2D eigenvalue weighted by atomic mass is 19.4. The van der Waals surface area contributed by atoms with Crippen LogP contribution in [0.15, 0.2) is 24.3 Å². The van der Waals surface area contributed by atoms with Gasteiger partial charge < -0.3 is 10.0 Å². The maximum Gasteiger partial charge on any atom is 0.416 e. The lowest BCUT2D eigenvalue weighted by Gasteiger charge is -2.43. The lowest BCUT2D eigenvalue weighted by atomic mass is 9.63. The summed E-state index contributed by atoms with van der Waals surface area (Å²) in [5.74, 6) is -1.77. The molecule has 1 amide bonds. The van der Waals surface area contributed by atoms with E-state index in [1.54, 1.807) is 6.07 Å². The molecular weight excluding hydrogens is 323 g/mol. The van der Waals surface area contributed by atoms with E-state index < -0.39 is 29.0 Å². The molecule has 1 aromatic carbocycles. The predicted octanol–water partition coefficient (Wildman–Crippen LogP) is 3.06. The average molecular weight is 341 g/mol. The highest BCUT2D eigenvalue weighted by molar-refractivity contribution is 5.90. The molecular formula is C17H18F3NO3. The number of hydrogen-bond donors (Lipinski definition) is 1. The molecule has 3 rings (SSSR count). The van der Waals surface area contributed by atoms with Crippen LogP contribution in [0.2, 0.25) is 0 Å². The normalized spacial score (nSPS) is 23.0. The second-order valence-corrected chi connectivity index (χ2v) is 6.59. The van der Waals surface area contributed by atoms with Gasteiger partial charge in [0, 0.05) is 13.1 Å². The van der Waals surface area contributed by atoms with Crippen molar-refractivity contribution >= 4 is 11.9 Å². The third-order valence-electron chi connectivity index (χ3n) is 5.18. The van der Waals surface area contributed by atoms with E-state index >= 15 is 0 Å². The number of rotatable bonds is 3. The monoisotopic (exact) mass is 341 g/mol. The van der Waals surface area contributed by atoms with Crippen molar-refractivity contribution in [2.75, 3.05) is 13.1 Å². The first-order valence-electron chi connectivity index (χ1n) is 7.94. The number of nitrogens with zero attached hydrogens (tertiary/aromatic N) is 1. The molecule has 4 nitrogen and oxygen atoms in total. The molecule has 24 heavy (non-hydrogen) atoms. The van der Waals surface area contributed by atoms with Gasteiger partial charge in [0.15, 0.2) is 0 Å². The van der Waals surface area contributed by atoms with Gasteiger partial charge in [0.05, 0.1) is 16.9 Å². The molecule has 1 saturated heterocycles. The van der Waals surface area contributed by atoms with Crippen molar-refractivity contribution in [3.8, 4) is 0 Å². The molecule has 1 atom stereocenters. The van der Waals surface area contributed by atoms with Crippen molar-refractivity contribution < 1.29 is 27.9 Å². The molecule has 7 heteroatoms. The largest absolute Gasteiger partial charge is 0.481 e. The summed E-state index contributed by atoms with van der Waals surface area (Å²) in [6.45, 7) is 0.478. The van der Waals surface area contributed by atoms with Crippen LogP contribution in [0, 0.1) is 5.92 Å². The van der Waals surface area contributed by atoms with E-state index in [9.17, 15) is 22.8 Å². The minimum atomic E-state index is -4.45. The molecule has 0 aromatic heterocycles. The summed E-state index contributed by atoms with van der Waals surface area (Å²) in [4.78, 5) is 25.5. The Morgan fingerprint density at radius 2 is 1.96 bits per heavy atom. The maximum atomic E-state index is 13.0. The van der Waals surface area contributed by atoms with Gasteiger partial charge in [-0.05, 0) is 30.9 Å². The smallest absolute Gasteiger partial charge is 0.416 e. The molecule has 2 aliphatic rings. The summed E-state index contributed by atoms with van der Waals surface area (Å²) in [6, 6.07) is 4.95. The fourth-order valence-electron chi connectivity index (χ4n) is 3.60. The summed E-state index contributed by atoms with van der Waals surface area (Å²) >= 11 is 0. The second kappa shape index (κ2) is 5.79. The number of halogens is 3. The number of likely N-dealkylation sites (tertiary alicyclic amines) is 1. The van der Waals surface area contributed by atoms with Gasteiger partial charge in [0.25, 0.3) is 0 Å². The van der Waals surface area contributed by atoms with Gasteiger partial charge in [-0.1, -0.05) is 24.6 Å². The van der Waals surface area contributed by atoms with Gasteiger partial charge in [-0.25, -0.2) is 0 Å². The minimum absolute atomic E-state index is 0.134. The topological polar surface area (TPSA) is 57.6 Å². The zero-order valence-electron chi connectivity index (χ0n) is 13.0. The Hall–Kier alpha value is -2.05. The summed E-state index contributed by atoms with van der Waals surface area (Å²) in [6.07, 6.45) is -2.28. The zero-order chi connectivity index (χ0) is 17.5. The lowest BCUT2D eigenvalue weighted by molar-refractivity contribution is -0.143. The zero-order valence-corrected chi connectivity index (χ0v) is 13.0. The molecule has 1 N–H and O–H groups in total. The average Bonchev–Trinajstić information content (AvgIpc) is 2.95. The van der Waals surface area contributed by atoms with Crippen LogP contribution in [0.3, 0.4) is 0 Å². The number of benzene rings is 1. The number of amides is 1. The van der Waals surface area contributed by atoms with Crippen LogP contribution in [0.4, 0.5) is 13.2 Å². The summed E-state index contributed by atoms with van der Waals surface area (Å²) in [7, 11) is 0. The number of carbonyl (C=O) groups excluding carboxylic acids is 1. The third kappa shape index (κ3) is 2.76. The molecule has 0 bridgehead atoms. The molecule has 0 unspecified atom stereocenters. The van der Waals surface area contributed by atoms with E-state index in [0.717, 1.165) is 18.6 Å². The van der Waals surface area contributed by atoms with Crippen molar-refractivity contribution in [3.63, 3.8) is 0 Å². The highest BCUT2D eigenvalue weighted by Crippen LogP contribution is 2.47. The summed E-state index contributed by atoms with van der Waals surface area (Å²) in [5.41, 5.74) is -1.31. The Kier molecular flexibility index (Phi) is 4.05. The van der Waals surface area contributed by atoms with E-state index in [0.29, 0.717) is 31.4 Å². The van der Waals surface area contributed by atoms with E-state index in [1.165, 1.54) is 11.0 Å². The number of alkyl halides is 3. The molecule has 1 heterocycles. The molecule has 1 saturated carbocycles. The summed E-state index contributed by atoms with van der Waals surface area (Å²) in [5, 5.41) is 9.07.